The first-order chi connectivity index (χ1) is 19.0. The lowest BCUT2D eigenvalue weighted by molar-refractivity contribution is 0.0256. The number of carbonyl (C=O) groups excluding carboxylic acids is 1. The summed E-state index contributed by atoms with van der Waals surface area (Å²) in [4.78, 5) is 18.7. The Hall–Kier alpha value is -4.38. The summed E-state index contributed by atoms with van der Waals surface area (Å²) in [6.45, 7) is 5.03. The zero-order chi connectivity index (χ0) is 28.8. The van der Waals surface area contributed by atoms with Crippen molar-refractivity contribution in [3.63, 3.8) is 0 Å². The molecule has 0 bridgehead atoms. The molecule has 1 atom stereocenters. The van der Waals surface area contributed by atoms with Crippen molar-refractivity contribution >= 4 is 22.1 Å². The summed E-state index contributed by atoms with van der Waals surface area (Å²) >= 11 is 0. The second kappa shape index (κ2) is 10.3. The number of hydrazone groups is 1. The van der Waals surface area contributed by atoms with Gasteiger partial charge in [-0.1, -0.05) is 6.92 Å². The summed E-state index contributed by atoms with van der Waals surface area (Å²) in [5.41, 5.74) is 1.27. The van der Waals surface area contributed by atoms with Crippen LogP contribution in [-0.2, 0) is 9.84 Å². The van der Waals surface area contributed by atoms with Crippen molar-refractivity contribution < 1.29 is 26.7 Å². The standard InChI is InChI=1S/C26H25F2N7O4S/c1-4-40(37,38)25-15(2)32-34(16(25)3)24-10-23(21(28)12-30-24)39-20-13-33(14-20)26(36)35-22(5-6-31-35)18-7-17(11-29)8-19(27)9-18/h6-10,12,20,22H,4-5,13-14H2,1-3H3/t22-/m0/s1. The van der Waals surface area contributed by atoms with Crippen LogP contribution in [-0.4, -0.2) is 70.3 Å². The maximum Gasteiger partial charge on any atom is 0.341 e. The average Bonchev–Trinajstić information content (AvgIpc) is 3.50. The van der Waals surface area contributed by atoms with Crippen LogP contribution in [0.25, 0.3) is 5.82 Å². The number of carbonyl (C=O) groups is 1. The fourth-order valence-corrected chi connectivity index (χ4v) is 6.12. The van der Waals surface area contributed by atoms with Gasteiger partial charge in [0, 0.05) is 18.7 Å². The lowest BCUT2D eigenvalue weighted by Crippen LogP contribution is -2.58. The lowest BCUT2D eigenvalue weighted by Gasteiger charge is -2.41. The van der Waals surface area contributed by atoms with E-state index in [1.165, 1.54) is 32.8 Å². The van der Waals surface area contributed by atoms with Gasteiger partial charge in [-0.3, -0.25) is 0 Å². The number of sulfone groups is 1. The number of hydrogen-bond acceptors (Lipinski definition) is 8. The van der Waals surface area contributed by atoms with Crippen molar-refractivity contribution in [3.05, 3.63) is 64.6 Å². The van der Waals surface area contributed by atoms with E-state index < -0.39 is 39.6 Å². The van der Waals surface area contributed by atoms with Crippen molar-refractivity contribution in [2.24, 2.45) is 5.10 Å². The van der Waals surface area contributed by atoms with E-state index in [2.05, 4.69) is 15.2 Å². The number of aromatic nitrogens is 3. The van der Waals surface area contributed by atoms with E-state index in [0.29, 0.717) is 23.4 Å². The second-order valence-corrected chi connectivity index (χ2v) is 11.7. The van der Waals surface area contributed by atoms with Crippen LogP contribution in [0.1, 0.15) is 41.9 Å². The molecule has 11 nitrogen and oxygen atoms in total. The van der Waals surface area contributed by atoms with Crippen LogP contribution in [0.2, 0.25) is 0 Å². The van der Waals surface area contributed by atoms with Crippen molar-refractivity contribution in [3.8, 4) is 17.6 Å². The quantitative estimate of drug-likeness (QED) is 0.444. The Morgan fingerprint density at radius 3 is 2.65 bits per heavy atom. The van der Waals surface area contributed by atoms with Gasteiger partial charge in [-0.05, 0) is 37.6 Å². The molecule has 0 aliphatic carbocycles. The molecule has 2 aliphatic heterocycles. The van der Waals surface area contributed by atoms with Crippen molar-refractivity contribution in [1.29, 1.82) is 5.26 Å². The van der Waals surface area contributed by atoms with Gasteiger partial charge < -0.3 is 9.64 Å². The van der Waals surface area contributed by atoms with E-state index in [-0.39, 0.29) is 40.9 Å². The Labute approximate surface area is 229 Å². The molecule has 14 heteroatoms. The molecule has 2 aliphatic rings. The first kappa shape index (κ1) is 27.2. The largest absolute Gasteiger partial charge is 0.483 e. The third-order valence-corrected chi connectivity index (χ3v) is 8.78. The van der Waals surface area contributed by atoms with E-state index in [9.17, 15) is 22.0 Å². The number of pyridine rings is 1. The van der Waals surface area contributed by atoms with Crippen LogP contribution in [0.5, 0.6) is 5.75 Å². The second-order valence-electron chi connectivity index (χ2n) is 9.49. The smallest absolute Gasteiger partial charge is 0.341 e. The molecule has 0 radical (unpaired) electrons. The monoisotopic (exact) mass is 569 g/mol. The maximum absolute atomic E-state index is 14.6. The SMILES string of the molecule is CCS(=O)(=O)c1c(C)nn(-c2cc(OC3CN(C(=O)N4N=CC[C@H]4c4cc(F)cc(C#N)c4)C3)c(F)cn2)c1C. The molecule has 0 spiro atoms. The summed E-state index contributed by atoms with van der Waals surface area (Å²) in [6, 6.07) is 6.17. The topological polar surface area (TPSA) is 134 Å². The van der Waals surface area contributed by atoms with Crippen molar-refractivity contribution in [2.45, 2.75) is 44.2 Å². The molecule has 208 valence electrons. The van der Waals surface area contributed by atoms with Crippen LogP contribution in [0.15, 0.2) is 40.5 Å². The summed E-state index contributed by atoms with van der Waals surface area (Å²) in [5, 5.41) is 18.8. The van der Waals surface area contributed by atoms with Crippen LogP contribution in [0, 0.1) is 36.8 Å². The van der Waals surface area contributed by atoms with Crippen LogP contribution in [0.4, 0.5) is 13.6 Å². The Kier molecular flexibility index (Phi) is 7.01. The van der Waals surface area contributed by atoms with Gasteiger partial charge in [0.2, 0.25) is 0 Å². The summed E-state index contributed by atoms with van der Waals surface area (Å²) in [5.74, 6) is -1.32. The highest BCUT2D eigenvalue weighted by molar-refractivity contribution is 7.91. The third kappa shape index (κ3) is 4.88. The molecule has 40 heavy (non-hydrogen) atoms. The minimum atomic E-state index is -3.53. The highest BCUT2D eigenvalue weighted by Crippen LogP contribution is 2.32. The fraction of sp³-hybridized carbons (Fsp3) is 0.346. The molecule has 0 unspecified atom stereocenters. The predicted octanol–water partition coefficient (Wildman–Crippen LogP) is 3.44. The van der Waals surface area contributed by atoms with Crippen molar-refractivity contribution in [2.75, 3.05) is 18.8 Å². The van der Waals surface area contributed by atoms with Gasteiger partial charge in [0.05, 0.1) is 54.1 Å². The first-order valence-corrected chi connectivity index (χ1v) is 14.1. The average molecular weight is 570 g/mol. The number of nitrogens with zero attached hydrogens (tertiary/aromatic N) is 7. The van der Waals surface area contributed by atoms with E-state index in [1.807, 2.05) is 6.07 Å². The summed E-state index contributed by atoms with van der Waals surface area (Å²) in [7, 11) is -3.53. The number of benzene rings is 1. The molecule has 1 aromatic carbocycles. The Bertz CT molecular complexity index is 1680. The zero-order valence-corrected chi connectivity index (χ0v) is 22.7. The molecule has 5 rings (SSSR count). The zero-order valence-electron chi connectivity index (χ0n) is 21.9. The number of urea groups is 1. The van der Waals surface area contributed by atoms with Gasteiger partial charge in [-0.2, -0.15) is 15.5 Å². The maximum atomic E-state index is 14.6. The molecular formula is C26H25F2N7O4S. The fourth-order valence-electron chi connectivity index (χ4n) is 4.80. The number of hydrogen-bond donors (Lipinski definition) is 0. The van der Waals surface area contributed by atoms with E-state index in [4.69, 9.17) is 10.00 Å². The molecule has 3 aromatic rings. The Balaban J connectivity index is 1.28. The third-order valence-electron chi connectivity index (χ3n) is 6.81. The molecule has 4 heterocycles. The summed E-state index contributed by atoms with van der Waals surface area (Å²) < 4.78 is 60.7. The Morgan fingerprint density at radius 1 is 1.20 bits per heavy atom. The van der Waals surface area contributed by atoms with Crippen LogP contribution < -0.4 is 4.74 Å². The minimum Gasteiger partial charge on any atom is -0.483 e. The van der Waals surface area contributed by atoms with Gasteiger partial charge in [-0.25, -0.2) is 36.7 Å². The minimum absolute atomic E-state index is 0.0882. The number of nitriles is 1. The lowest BCUT2D eigenvalue weighted by atomic mass is 10.0. The molecule has 0 saturated carbocycles. The van der Waals surface area contributed by atoms with Gasteiger partial charge in [0.1, 0.15) is 16.8 Å². The van der Waals surface area contributed by atoms with Gasteiger partial charge >= 0.3 is 6.03 Å². The molecule has 1 fully saturated rings. The number of halogens is 2. The number of aryl methyl sites for hydroxylation is 1. The molecule has 2 aromatic heterocycles. The van der Waals surface area contributed by atoms with E-state index >= 15 is 0 Å². The van der Waals surface area contributed by atoms with Gasteiger partial charge in [0.25, 0.3) is 0 Å². The molecular weight excluding hydrogens is 544 g/mol. The van der Waals surface area contributed by atoms with Gasteiger partial charge in [-0.15, -0.1) is 0 Å². The highest BCUT2D eigenvalue weighted by Gasteiger charge is 2.39. The van der Waals surface area contributed by atoms with Gasteiger partial charge in [0.15, 0.2) is 27.2 Å². The summed E-state index contributed by atoms with van der Waals surface area (Å²) in [6.07, 6.45) is 2.37. The van der Waals surface area contributed by atoms with Crippen molar-refractivity contribution in [1.82, 2.24) is 24.7 Å². The molecule has 2 amide bonds. The number of ether oxygens (including phenoxy) is 1. The number of amides is 2. The van der Waals surface area contributed by atoms with Crippen LogP contribution >= 0.6 is 0 Å². The van der Waals surface area contributed by atoms with E-state index in [0.717, 1.165) is 12.3 Å². The number of likely N-dealkylation sites (tertiary alicyclic amines) is 1. The Morgan fingerprint density at radius 2 is 1.95 bits per heavy atom. The first-order valence-electron chi connectivity index (χ1n) is 12.4. The molecule has 0 N–H and O–H groups in total. The van der Waals surface area contributed by atoms with E-state index in [1.54, 1.807) is 27.0 Å². The van der Waals surface area contributed by atoms with Crippen LogP contribution in [0.3, 0.4) is 0 Å². The molecule has 1 saturated heterocycles. The normalized spacial score (nSPS) is 17.1. The number of rotatable bonds is 6. The predicted molar refractivity (Wildman–Crippen MR) is 139 cm³/mol. The highest BCUT2D eigenvalue weighted by atomic mass is 32.2.